The van der Waals surface area contributed by atoms with Gasteiger partial charge in [-0.25, -0.2) is 9.59 Å². The number of aromatic nitrogens is 2. The molecule has 4 aromatic rings. The highest BCUT2D eigenvalue weighted by Gasteiger charge is 2.53. The first-order valence-electron chi connectivity index (χ1n) is 16.9. The largest absolute Gasteiger partial charge is 0.452 e. The molecule has 2 aliphatic rings. The average Bonchev–Trinajstić information content (AvgIpc) is 3.57. The van der Waals surface area contributed by atoms with Crippen LogP contribution in [0.3, 0.4) is 0 Å². The molecule has 3 heterocycles. The van der Waals surface area contributed by atoms with E-state index in [2.05, 4.69) is 26.9 Å². The molecule has 0 unspecified atom stereocenters. The zero-order valence-electron chi connectivity index (χ0n) is 27.8. The number of piperidine rings is 1. The summed E-state index contributed by atoms with van der Waals surface area (Å²) in [4.78, 5) is 63.1. The Balaban J connectivity index is 1.11. The quantitative estimate of drug-likeness (QED) is 0.230. The van der Waals surface area contributed by atoms with E-state index in [1.807, 2.05) is 67.3 Å². The summed E-state index contributed by atoms with van der Waals surface area (Å²) in [6.07, 6.45) is 2.22. The third kappa shape index (κ3) is 6.73. The van der Waals surface area contributed by atoms with Gasteiger partial charge in [0, 0.05) is 45.0 Å². The summed E-state index contributed by atoms with van der Waals surface area (Å²) < 4.78 is 7.13. The van der Waals surface area contributed by atoms with Crippen molar-refractivity contribution in [1.29, 1.82) is 0 Å². The highest BCUT2D eigenvalue weighted by atomic mass is 16.5. The molecular weight excluding hydrogens is 608 g/mol. The number of aromatic amines is 1. The van der Waals surface area contributed by atoms with Crippen LogP contribution >= 0.6 is 0 Å². The summed E-state index contributed by atoms with van der Waals surface area (Å²) in [5.74, 6) is -0.696. The number of esters is 1. The second-order valence-electron chi connectivity index (χ2n) is 12.6. The molecule has 2 saturated heterocycles. The molecular formula is C37H44N6O5. The first-order valence-corrected chi connectivity index (χ1v) is 16.9. The molecule has 2 amide bonds. The molecule has 11 heteroatoms. The van der Waals surface area contributed by atoms with Crippen LogP contribution in [0.25, 0.3) is 11.0 Å². The molecule has 6 rings (SSSR count). The fraction of sp³-hybridized carbons (Fsp3) is 0.405. The highest BCUT2D eigenvalue weighted by Crippen LogP contribution is 2.40. The molecule has 0 bridgehead atoms. The van der Waals surface area contributed by atoms with Gasteiger partial charge in [0.15, 0.2) is 6.61 Å². The van der Waals surface area contributed by atoms with Gasteiger partial charge in [0.2, 0.25) is 5.91 Å². The van der Waals surface area contributed by atoms with Crippen LogP contribution in [0.15, 0.2) is 83.7 Å². The van der Waals surface area contributed by atoms with Crippen LogP contribution in [0.1, 0.15) is 49.0 Å². The van der Waals surface area contributed by atoms with Crippen LogP contribution in [0.2, 0.25) is 0 Å². The van der Waals surface area contributed by atoms with Gasteiger partial charge in [0.25, 0.3) is 5.91 Å². The summed E-state index contributed by atoms with van der Waals surface area (Å²) in [6, 6.07) is 24.9. The normalized spacial score (nSPS) is 16.2. The molecule has 1 aromatic heterocycles. The Kier molecular flexibility index (Phi) is 9.95. The molecule has 0 radical (unpaired) electrons. The Morgan fingerprint density at radius 2 is 1.62 bits per heavy atom. The fourth-order valence-electron chi connectivity index (χ4n) is 7.15. The van der Waals surface area contributed by atoms with Gasteiger partial charge in [0.1, 0.15) is 5.54 Å². The number of likely N-dealkylation sites (N-methyl/N-ethyl adjacent to an activating group) is 1. The second-order valence-corrected chi connectivity index (χ2v) is 12.6. The van der Waals surface area contributed by atoms with Gasteiger partial charge in [-0.3, -0.25) is 14.2 Å². The summed E-state index contributed by atoms with van der Waals surface area (Å²) in [6.45, 7) is 8.40. The van der Waals surface area contributed by atoms with Crippen LogP contribution in [0.4, 0.5) is 5.69 Å². The number of aryl methyl sites for hydroxylation is 1. The second kappa shape index (κ2) is 14.5. The number of rotatable bonds is 12. The number of likely N-dealkylation sites (tertiary alicyclic amines) is 1. The zero-order chi connectivity index (χ0) is 33.7. The number of H-pyrrole nitrogens is 1. The summed E-state index contributed by atoms with van der Waals surface area (Å²) in [5.41, 5.74) is 3.21. The number of ether oxygens (including phenoxy) is 1. The maximum Gasteiger partial charge on any atom is 0.338 e. The summed E-state index contributed by atoms with van der Waals surface area (Å²) in [5, 5.41) is 0. The number of imidazole rings is 1. The molecule has 0 atom stereocenters. The predicted octanol–water partition coefficient (Wildman–Crippen LogP) is 4.09. The molecule has 2 aliphatic heterocycles. The lowest BCUT2D eigenvalue weighted by atomic mass is 9.85. The van der Waals surface area contributed by atoms with E-state index in [1.165, 1.54) is 0 Å². The van der Waals surface area contributed by atoms with Crippen LogP contribution < -0.4 is 10.6 Å². The van der Waals surface area contributed by atoms with Gasteiger partial charge >= 0.3 is 11.7 Å². The van der Waals surface area contributed by atoms with E-state index in [-0.39, 0.29) is 24.1 Å². The third-order valence-electron chi connectivity index (χ3n) is 9.78. The van der Waals surface area contributed by atoms with Crippen molar-refractivity contribution >= 4 is 34.5 Å². The number of anilines is 1. The number of carbonyl (C=O) groups excluding carboxylic acids is 3. The van der Waals surface area contributed by atoms with E-state index in [4.69, 9.17) is 4.74 Å². The van der Waals surface area contributed by atoms with E-state index in [0.29, 0.717) is 51.3 Å². The fourth-order valence-corrected chi connectivity index (χ4v) is 7.15. The van der Waals surface area contributed by atoms with Crippen LogP contribution in [0, 0.1) is 0 Å². The van der Waals surface area contributed by atoms with Crippen molar-refractivity contribution in [3.8, 4) is 0 Å². The number of para-hydroxylation sites is 3. The minimum atomic E-state index is -0.660. The lowest BCUT2D eigenvalue weighted by molar-refractivity contribution is -0.134. The third-order valence-corrected chi connectivity index (χ3v) is 9.78. The molecule has 2 fully saturated rings. The van der Waals surface area contributed by atoms with Gasteiger partial charge in [-0.15, -0.1) is 0 Å². The Hall–Kier alpha value is -4.90. The van der Waals surface area contributed by atoms with Gasteiger partial charge < -0.3 is 29.3 Å². The maximum atomic E-state index is 14.3. The number of benzene rings is 3. The molecule has 48 heavy (non-hydrogen) atoms. The van der Waals surface area contributed by atoms with E-state index in [0.717, 1.165) is 48.3 Å². The van der Waals surface area contributed by atoms with Gasteiger partial charge in [-0.1, -0.05) is 42.5 Å². The predicted molar refractivity (Wildman–Crippen MR) is 185 cm³/mol. The number of fused-ring (bicyclic) bond motifs is 1. The number of carbonyl (C=O) groups is 3. The van der Waals surface area contributed by atoms with Crippen LogP contribution in [-0.4, -0.2) is 93.6 Å². The highest BCUT2D eigenvalue weighted by molar-refractivity contribution is 5.94. The molecule has 252 valence electrons. The average molecular weight is 653 g/mol. The molecule has 0 aliphatic carbocycles. The standard InChI is InChI=1S/C37H44N6O5/c1-3-40(4-2)33(44)26-48-34(45)29-13-10-12-28(24-29)25-41-27-43(30-14-6-5-7-15-30)37(35(41)46)18-22-39(23-19-37)20-11-21-42-32-17-9-8-16-31(32)38-36(42)47/h5-10,12-17,24H,3-4,11,18-23,25-27H2,1-2H3,(H,38,47). The van der Waals surface area contributed by atoms with E-state index in [9.17, 15) is 19.2 Å². The number of amides is 2. The van der Waals surface area contributed by atoms with Crippen molar-refractivity contribution in [2.24, 2.45) is 0 Å². The SMILES string of the molecule is CCN(CC)C(=O)COC(=O)c1cccc(CN2CN(c3ccccc3)C3(CCN(CCCn4c(=O)[nH]c5ccccc54)CC3)C2=O)c1. The Morgan fingerprint density at radius 3 is 2.38 bits per heavy atom. The van der Waals surface area contributed by atoms with Crippen LogP contribution in [-0.2, 0) is 27.4 Å². The first-order chi connectivity index (χ1) is 23.3. The topological polar surface area (TPSA) is 111 Å². The lowest BCUT2D eigenvalue weighted by Gasteiger charge is -2.43. The number of hydrogen-bond acceptors (Lipinski definition) is 7. The Labute approximate surface area is 280 Å². The summed E-state index contributed by atoms with van der Waals surface area (Å²) >= 11 is 0. The Morgan fingerprint density at radius 1 is 0.896 bits per heavy atom. The molecule has 1 N–H and O–H groups in total. The first kappa shape index (κ1) is 33.0. The zero-order valence-corrected chi connectivity index (χ0v) is 27.8. The van der Waals surface area contributed by atoms with Crippen molar-refractivity contribution in [1.82, 2.24) is 24.3 Å². The van der Waals surface area contributed by atoms with Crippen LogP contribution in [0.5, 0.6) is 0 Å². The monoisotopic (exact) mass is 652 g/mol. The number of hydrogen-bond donors (Lipinski definition) is 1. The van der Waals surface area contributed by atoms with E-state index >= 15 is 0 Å². The van der Waals surface area contributed by atoms with Crippen molar-refractivity contribution < 1.29 is 19.1 Å². The smallest absolute Gasteiger partial charge is 0.338 e. The van der Waals surface area contributed by atoms with E-state index < -0.39 is 11.5 Å². The minimum Gasteiger partial charge on any atom is -0.452 e. The van der Waals surface area contributed by atoms with Crippen molar-refractivity contribution in [2.45, 2.75) is 51.7 Å². The van der Waals surface area contributed by atoms with Crippen molar-refractivity contribution in [2.75, 3.05) is 50.9 Å². The molecule has 3 aromatic carbocycles. The number of nitrogens with one attached hydrogen (secondary N) is 1. The number of nitrogens with zero attached hydrogens (tertiary/aromatic N) is 5. The van der Waals surface area contributed by atoms with Gasteiger partial charge in [-0.05, 0) is 81.6 Å². The molecule has 1 spiro atoms. The van der Waals surface area contributed by atoms with Crippen molar-refractivity contribution in [3.63, 3.8) is 0 Å². The van der Waals surface area contributed by atoms with E-state index in [1.54, 1.807) is 27.7 Å². The lowest BCUT2D eigenvalue weighted by Crippen LogP contribution is -2.56. The van der Waals surface area contributed by atoms with Crippen molar-refractivity contribution in [3.05, 3.63) is 100 Å². The van der Waals surface area contributed by atoms with Gasteiger partial charge in [0.05, 0.1) is 23.3 Å². The minimum absolute atomic E-state index is 0.0863. The molecule has 11 nitrogen and oxygen atoms in total. The Bertz CT molecular complexity index is 1810. The van der Waals surface area contributed by atoms with Gasteiger partial charge in [-0.2, -0.15) is 0 Å². The molecule has 0 saturated carbocycles. The maximum absolute atomic E-state index is 14.3. The summed E-state index contributed by atoms with van der Waals surface area (Å²) in [7, 11) is 0.